The van der Waals surface area contributed by atoms with Crippen LogP contribution in [0.15, 0.2) is 0 Å². The van der Waals surface area contributed by atoms with E-state index in [2.05, 4.69) is 0 Å². The second kappa shape index (κ2) is 6.93. The second-order valence-electron chi connectivity index (χ2n) is 5.27. The zero-order valence-electron chi connectivity index (χ0n) is 12.3. The number of ketones is 2. The fraction of sp³-hybridized carbons (Fsp3) is 0.867. The number of hydrogen-bond acceptors (Lipinski definition) is 2. The minimum absolute atomic E-state index is 0.0481. The predicted molar refractivity (Wildman–Crippen MR) is 71.9 cm³/mol. The van der Waals surface area contributed by atoms with Crippen molar-refractivity contribution in [1.82, 2.24) is 0 Å². The molecule has 1 unspecified atom stereocenters. The lowest BCUT2D eigenvalue weighted by atomic mass is 9.73. The van der Waals surface area contributed by atoms with Gasteiger partial charge in [-0.3, -0.25) is 9.59 Å². The number of Topliss-reactive ketones (excluding diaryl/α,β-unsaturated/α-hetero) is 2. The summed E-state index contributed by atoms with van der Waals surface area (Å²) in [6.07, 6.45) is 3.29. The first-order valence-corrected chi connectivity index (χ1v) is 6.95. The van der Waals surface area contributed by atoms with Gasteiger partial charge in [-0.15, -0.1) is 0 Å². The van der Waals surface area contributed by atoms with Crippen molar-refractivity contribution >= 4 is 11.6 Å². The zero-order valence-corrected chi connectivity index (χ0v) is 12.3. The Balaban J connectivity index is 4.87. The molecule has 2 nitrogen and oxygen atoms in total. The van der Waals surface area contributed by atoms with Gasteiger partial charge in [-0.05, 0) is 32.6 Å². The fourth-order valence-corrected chi connectivity index (χ4v) is 2.29. The van der Waals surface area contributed by atoms with E-state index in [4.69, 9.17) is 0 Å². The van der Waals surface area contributed by atoms with E-state index in [0.29, 0.717) is 0 Å². The van der Waals surface area contributed by atoms with Crippen LogP contribution >= 0.6 is 0 Å². The van der Waals surface area contributed by atoms with Gasteiger partial charge in [0.2, 0.25) is 0 Å². The van der Waals surface area contributed by atoms with Crippen LogP contribution in [0, 0.1) is 17.3 Å². The average molecular weight is 240 g/mol. The molecule has 0 fully saturated rings. The molecule has 0 saturated carbocycles. The summed E-state index contributed by atoms with van der Waals surface area (Å²) in [6.45, 7) is 11.8. The van der Waals surface area contributed by atoms with Crippen LogP contribution in [-0.2, 0) is 9.59 Å². The highest BCUT2D eigenvalue weighted by molar-refractivity contribution is 6.05. The van der Waals surface area contributed by atoms with E-state index >= 15 is 0 Å². The van der Waals surface area contributed by atoms with E-state index in [-0.39, 0.29) is 22.9 Å². The Bertz CT molecular complexity index is 260. The maximum atomic E-state index is 12.4. The van der Waals surface area contributed by atoms with Crippen molar-refractivity contribution in [3.05, 3.63) is 0 Å². The summed E-state index contributed by atoms with van der Waals surface area (Å²) in [4.78, 5) is 24.6. The van der Waals surface area contributed by atoms with Crippen LogP contribution < -0.4 is 0 Å². The summed E-state index contributed by atoms with van der Waals surface area (Å²) in [5.41, 5.74) is -0.332. The van der Waals surface area contributed by atoms with Gasteiger partial charge in [0.15, 0.2) is 0 Å². The van der Waals surface area contributed by atoms with Crippen molar-refractivity contribution in [2.45, 2.75) is 67.2 Å². The molecule has 0 aliphatic heterocycles. The van der Waals surface area contributed by atoms with Crippen molar-refractivity contribution in [1.29, 1.82) is 0 Å². The largest absolute Gasteiger partial charge is 0.299 e. The quantitative estimate of drug-likeness (QED) is 0.600. The third-order valence-corrected chi connectivity index (χ3v) is 4.36. The van der Waals surface area contributed by atoms with Gasteiger partial charge >= 0.3 is 0 Å². The molecule has 0 rings (SSSR count). The number of carbonyl (C=O) groups excluding carboxylic acids is 2. The molecule has 0 heterocycles. The monoisotopic (exact) mass is 240 g/mol. The van der Waals surface area contributed by atoms with Gasteiger partial charge in [0.05, 0.1) is 5.92 Å². The fourth-order valence-electron chi connectivity index (χ4n) is 2.29. The molecule has 0 aromatic carbocycles. The Morgan fingerprint density at radius 2 is 1.41 bits per heavy atom. The van der Waals surface area contributed by atoms with Gasteiger partial charge in [0, 0.05) is 11.3 Å². The van der Waals surface area contributed by atoms with Crippen LogP contribution in [-0.4, -0.2) is 11.6 Å². The summed E-state index contributed by atoms with van der Waals surface area (Å²) in [5, 5.41) is 0. The molecule has 0 amide bonds. The highest BCUT2D eigenvalue weighted by Gasteiger charge is 2.37. The van der Waals surface area contributed by atoms with Crippen molar-refractivity contribution in [3.8, 4) is 0 Å². The highest BCUT2D eigenvalue weighted by atomic mass is 16.2. The maximum absolute atomic E-state index is 12.4. The molecular formula is C15H28O2. The zero-order chi connectivity index (χ0) is 13.6. The topological polar surface area (TPSA) is 34.1 Å². The van der Waals surface area contributed by atoms with Crippen LogP contribution in [0.1, 0.15) is 67.2 Å². The van der Waals surface area contributed by atoms with Crippen molar-refractivity contribution in [3.63, 3.8) is 0 Å². The molecule has 0 aliphatic rings. The molecule has 0 N–H and O–H groups in total. The summed E-state index contributed by atoms with van der Waals surface area (Å²) in [5.74, 6) is -0.135. The Kier molecular flexibility index (Phi) is 6.66. The molecule has 0 saturated heterocycles. The molecule has 0 radical (unpaired) electrons. The first-order valence-electron chi connectivity index (χ1n) is 6.95. The SMILES string of the molecule is CCC(CC)C(=O)C(C)C(=O)C(C)(CC)CC. The Labute approximate surface area is 106 Å². The highest BCUT2D eigenvalue weighted by Crippen LogP contribution is 2.31. The third-order valence-electron chi connectivity index (χ3n) is 4.36. The molecule has 0 aliphatic carbocycles. The molecule has 2 heteroatoms. The lowest BCUT2D eigenvalue weighted by molar-refractivity contribution is -0.140. The van der Waals surface area contributed by atoms with E-state index < -0.39 is 5.92 Å². The van der Waals surface area contributed by atoms with Crippen molar-refractivity contribution in [2.75, 3.05) is 0 Å². The number of carbonyl (C=O) groups is 2. The first kappa shape index (κ1) is 16.3. The molecular weight excluding hydrogens is 212 g/mol. The van der Waals surface area contributed by atoms with Gasteiger partial charge in [0.25, 0.3) is 0 Å². The minimum atomic E-state index is -0.440. The molecule has 17 heavy (non-hydrogen) atoms. The van der Waals surface area contributed by atoms with E-state index in [9.17, 15) is 9.59 Å². The van der Waals surface area contributed by atoms with Crippen LogP contribution in [0.2, 0.25) is 0 Å². The Morgan fingerprint density at radius 3 is 1.71 bits per heavy atom. The lowest BCUT2D eigenvalue weighted by Gasteiger charge is -2.29. The molecule has 100 valence electrons. The average Bonchev–Trinajstić information content (AvgIpc) is 2.37. The molecule has 0 spiro atoms. The number of rotatable bonds is 8. The smallest absolute Gasteiger partial charge is 0.148 e. The minimum Gasteiger partial charge on any atom is -0.299 e. The predicted octanol–water partition coefficient (Wildman–Crippen LogP) is 4.02. The Morgan fingerprint density at radius 1 is 1.00 bits per heavy atom. The molecule has 0 bridgehead atoms. The first-order chi connectivity index (χ1) is 7.87. The molecule has 1 atom stereocenters. The van der Waals surface area contributed by atoms with Gasteiger partial charge < -0.3 is 0 Å². The Hall–Kier alpha value is -0.660. The summed E-state index contributed by atoms with van der Waals surface area (Å²) >= 11 is 0. The normalized spacial score (nSPS) is 13.8. The summed E-state index contributed by atoms with van der Waals surface area (Å²) in [6, 6.07) is 0. The number of hydrogen-bond donors (Lipinski definition) is 0. The standard InChI is InChI=1S/C15H28O2/c1-7-12(8-2)13(16)11(5)14(17)15(6,9-3)10-4/h11-12H,7-10H2,1-6H3. The van der Waals surface area contributed by atoms with Crippen molar-refractivity contribution < 1.29 is 9.59 Å². The van der Waals surface area contributed by atoms with E-state index in [1.807, 2.05) is 34.6 Å². The summed E-state index contributed by atoms with van der Waals surface area (Å²) in [7, 11) is 0. The third kappa shape index (κ3) is 3.65. The van der Waals surface area contributed by atoms with Gasteiger partial charge in [-0.2, -0.15) is 0 Å². The van der Waals surface area contributed by atoms with Crippen LogP contribution in [0.25, 0.3) is 0 Å². The van der Waals surface area contributed by atoms with Gasteiger partial charge in [0.1, 0.15) is 11.6 Å². The second-order valence-corrected chi connectivity index (χ2v) is 5.27. The van der Waals surface area contributed by atoms with Gasteiger partial charge in [-0.1, -0.05) is 34.6 Å². The van der Waals surface area contributed by atoms with E-state index in [1.54, 1.807) is 6.92 Å². The molecule has 0 aromatic heterocycles. The van der Waals surface area contributed by atoms with E-state index in [0.717, 1.165) is 25.7 Å². The van der Waals surface area contributed by atoms with E-state index in [1.165, 1.54) is 0 Å². The summed E-state index contributed by atoms with van der Waals surface area (Å²) < 4.78 is 0. The van der Waals surface area contributed by atoms with Gasteiger partial charge in [-0.25, -0.2) is 0 Å². The van der Waals surface area contributed by atoms with Crippen LogP contribution in [0.3, 0.4) is 0 Å². The van der Waals surface area contributed by atoms with Crippen molar-refractivity contribution in [2.24, 2.45) is 17.3 Å². The van der Waals surface area contributed by atoms with Crippen LogP contribution in [0.4, 0.5) is 0 Å². The lowest BCUT2D eigenvalue weighted by Crippen LogP contribution is -2.37. The molecule has 0 aromatic rings. The van der Waals surface area contributed by atoms with Crippen LogP contribution in [0.5, 0.6) is 0 Å². The maximum Gasteiger partial charge on any atom is 0.148 e.